The molecule has 3 rings (SSSR count). The van der Waals surface area contributed by atoms with Gasteiger partial charge in [-0.25, -0.2) is 0 Å². The van der Waals surface area contributed by atoms with Crippen molar-refractivity contribution in [1.82, 2.24) is 0 Å². The summed E-state index contributed by atoms with van der Waals surface area (Å²) in [6.45, 7) is 2.17. The first-order valence-electron chi connectivity index (χ1n) is 4.23. The maximum Gasteiger partial charge on any atom is -0.00229 e. The van der Waals surface area contributed by atoms with E-state index < -0.39 is 0 Å². The Hall–Kier alpha value is -0.520. The molecule has 0 aromatic heterocycles. The molecule has 0 nitrogen and oxygen atoms in total. The van der Waals surface area contributed by atoms with Gasteiger partial charge in [0.15, 0.2) is 0 Å². The van der Waals surface area contributed by atoms with Gasteiger partial charge in [-0.05, 0) is 38.0 Å². The summed E-state index contributed by atoms with van der Waals surface area (Å²) in [5, 5.41) is 0. The molecule has 0 aromatic carbocycles. The quantitative estimate of drug-likeness (QED) is 0.447. The van der Waals surface area contributed by atoms with Crippen LogP contribution in [0.25, 0.3) is 0 Å². The molecular formula is C10H14. The smallest absolute Gasteiger partial charge is 0.00229 e. The van der Waals surface area contributed by atoms with Crippen LogP contribution in [0.4, 0.5) is 0 Å². The highest BCUT2D eigenvalue weighted by molar-refractivity contribution is 5.22. The van der Waals surface area contributed by atoms with Gasteiger partial charge < -0.3 is 0 Å². The van der Waals surface area contributed by atoms with Crippen molar-refractivity contribution in [3.8, 4) is 0 Å². The summed E-state index contributed by atoms with van der Waals surface area (Å²) in [6.07, 6.45) is 11.3. The summed E-state index contributed by atoms with van der Waals surface area (Å²) in [6, 6.07) is 0. The summed E-state index contributed by atoms with van der Waals surface area (Å²) in [4.78, 5) is 0. The van der Waals surface area contributed by atoms with Gasteiger partial charge in [0.25, 0.3) is 0 Å². The lowest BCUT2D eigenvalue weighted by molar-refractivity contribution is 0.410. The predicted molar refractivity (Wildman–Crippen MR) is 43.7 cm³/mol. The molecule has 0 heteroatoms. The van der Waals surface area contributed by atoms with Crippen LogP contribution in [0.15, 0.2) is 23.8 Å². The monoisotopic (exact) mass is 134 g/mol. The third-order valence-electron chi connectivity index (χ3n) is 2.81. The van der Waals surface area contributed by atoms with Crippen LogP contribution in [-0.4, -0.2) is 0 Å². The molecule has 0 spiro atoms. The second-order valence-corrected chi connectivity index (χ2v) is 3.40. The van der Waals surface area contributed by atoms with Crippen LogP contribution in [-0.2, 0) is 0 Å². The molecule has 2 atom stereocenters. The van der Waals surface area contributed by atoms with Gasteiger partial charge in [-0.3, -0.25) is 0 Å². The summed E-state index contributed by atoms with van der Waals surface area (Å²) in [7, 11) is 0. The Morgan fingerprint density at radius 3 is 2.60 bits per heavy atom. The fraction of sp³-hybridized carbons (Fsp3) is 0.600. The van der Waals surface area contributed by atoms with Crippen molar-refractivity contribution >= 4 is 0 Å². The van der Waals surface area contributed by atoms with E-state index in [2.05, 4.69) is 25.2 Å². The van der Waals surface area contributed by atoms with Crippen molar-refractivity contribution in [1.29, 1.82) is 0 Å². The highest BCUT2D eigenvalue weighted by atomic mass is 14.3. The number of rotatable bonds is 0. The van der Waals surface area contributed by atoms with E-state index in [1.807, 2.05) is 0 Å². The first-order chi connectivity index (χ1) is 4.90. The fourth-order valence-corrected chi connectivity index (χ4v) is 2.14. The lowest BCUT2D eigenvalue weighted by atomic mass is 9.73. The molecule has 3 aliphatic rings. The summed E-state index contributed by atoms with van der Waals surface area (Å²) >= 11 is 0. The minimum absolute atomic E-state index is 0.815. The molecule has 2 unspecified atom stereocenters. The van der Waals surface area contributed by atoms with E-state index in [0.717, 1.165) is 11.8 Å². The molecule has 54 valence electrons. The first kappa shape index (κ1) is 6.21. The standard InChI is InChI=1S/C10H14/c1-2-9-7-8-3-5-10(9)6-4-8/h2-3,5,8,10H,4,6-7H2,1H3. The zero-order chi connectivity index (χ0) is 6.97. The van der Waals surface area contributed by atoms with Crippen LogP contribution in [0.1, 0.15) is 26.2 Å². The minimum atomic E-state index is 0.815. The van der Waals surface area contributed by atoms with Crippen molar-refractivity contribution in [3.05, 3.63) is 23.8 Å². The highest BCUT2D eigenvalue weighted by Gasteiger charge is 2.25. The molecule has 0 N–H and O–H groups in total. The van der Waals surface area contributed by atoms with E-state index in [-0.39, 0.29) is 0 Å². The molecule has 0 saturated heterocycles. The topological polar surface area (TPSA) is 0 Å². The molecule has 1 fully saturated rings. The van der Waals surface area contributed by atoms with Gasteiger partial charge in [0.1, 0.15) is 0 Å². The van der Waals surface area contributed by atoms with Gasteiger partial charge in [-0.2, -0.15) is 0 Å². The number of fused-ring (bicyclic) bond motifs is 2. The van der Waals surface area contributed by atoms with Gasteiger partial charge in [0, 0.05) is 0 Å². The Bertz CT molecular complexity index is 186. The van der Waals surface area contributed by atoms with E-state index in [1.54, 1.807) is 5.57 Å². The van der Waals surface area contributed by atoms with Crippen LogP contribution >= 0.6 is 0 Å². The third-order valence-corrected chi connectivity index (χ3v) is 2.81. The van der Waals surface area contributed by atoms with E-state index >= 15 is 0 Å². The van der Waals surface area contributed by atoms with Crippen LogP contribution < -0.4 is 0 Å². The Kier molecular flexibility index (Phi) is 1.40. The van der Waals surface area contributed by atoms with Gasteiger partial charge in [-0.15, -0.1) is 0 Å². The molecule has 0 aromatic rings. The molecule has 0 radical (unpaired) electrons. The summed E-state index contributed by atoms with van der Waals surface area (Å²) in [5.74, 6) is 1.70. The van der Waals surface area contributed by atoms with E-state index in [0.29, 0.717) is 0 Å². The minimum Gasteiger partial charge on any atom is -0.0878 e. The second-order valence-electron chi connectivity index (χ2n) is 3.40. The molecule has 3 aliphatic carbocycles. The second kappa shape index (κ2) is 2.26. The van der Waals surface area contributed by atoms with Crippen LogP contribution in [0.5, 0.6) is 0 Å². The average molecular weight is 134 g/mol. The normalized spacial score (nSPS) is 41.1. The molecule has 0 heterocycles. The van der Waals surface area contributed by atoms with E-state index in [1.165, 1.54) is 19.3 Å². The van der Waals surface area contributed by atoms with E-state index in [4.69, 9.17) is 0 Å². The van der Waals surface area contributed by atoms with Crippen molar-refractivity contribution in [2.75, 3.05) is 0 Å². The largest absolute Gasteiger partial charge is 0.0878 e. The van der Waals surface area contributed by atoms with Gasteiger partial charge >= 0.3 is 0 Å². The Labute approximate surface area is 62.6 Å². The summed E-state index contributed by atoms with van der Waals surface area (Å²) in [5.41, 5.74) is 1.68. The van der Waals surface area contributed by atoms with Crippen LogP contribution in [0.2, 0.25) is 0 Å². The maximum absolute atomic E-state index is 2.40. The number of hydrogen-bond acceptors (Lipinski definition) is 0. The van der Waals surface area contributed by atoms with Gasteiger partial charge in [-0.1, -0.05) is 23.8 Å². The lowest BCUT2D eigenvalue weighted by Gasteiger charge is -2.32. The lowest BCUT2D eigenvalue weighted by Crippen LogP contribution is -2.19. The first-order valence-corrected chi connectivity index (χ1v) is 4.23. The molecule has 0 amide bonds. The zero-order valence-corrected chi connectivity index (χ0v) is 6.51. The molecule has 2 bridgehead atoms. The Morgan fingerprint density at radius 1 is 1.40 bits per heavy atom. The highest BCUT2D eigenvalue weighted by Crippen LogP contribution is 2.39. The fourth-order valence-electron chi connectivity index (χ4n) is 2.14. The SMILES string of the molecule is CC=C1CC2C=CC1CC2. The van der Waals surface area contributed by atoms with Gasteiger partial charge in [0.05, 0.1) is 0 Å². The maximum atomic E-state index is 2.40. The zero-order valence-electron chi connectivity index (χ0n) is 6.51. The predicted octanol–water partition coefficient (Wildman–Crippen LogP) is 2.92. The van der Waals surface area contributed by atoms with Crippen molar-refractivity contribution < 1.29 is 0 Å². The van der Waals surface area contributed by atoms with Crippen molar-refractivity contribution in [2.45, 2.75) is 26.2 Å². The molecular weight excluding hydrogens is 120 g/mol. The van der Waals surface area contributed by atoms with Crippen LogP contribution in [0, 0.1) is 11.8 Å². The Balaban J connectivity index is 2.27. The average Bonchev–Trinajstić information content (AvgIpc) is 2.06. The van der Waals surface area contributed by atoms with Gasteiger partial charge in [0.2, 0.25) is 0 Å². The molecule has 0 aliphatic heterocycles. The Morgan fingerprint density at radius 2 is 2.30 bits per heavy atom. The number of hydrogen-bond donors (Lipinski definition) is 0. The number of allylic oxidation sites excluding steroid dienone is 4. The van der Waals surface area contributed by atoms with E-state index in [9.17, 15) is 0 Å². The molecule has 1 saturated carbocycles. The van der Waals surface area contributed by atoms with Crippen molar-refractivity contribution in [2.24, 2.45) is 11.8 Å². The molecule has 10 heavy (non-hydrogen) atoms. The summed E-state index contributed by atoms with van der Waals surface area (Å²) < 4.78 is 0. The van der Waals surface area contributed by atoms with Crippen LogP contribution in [0.3, 0.4) is 0 Å². The van der Waals surface area contributed by atoms with Crippen molar-refractivity contribution in [3.63, 3.8) is 0 Å². The third kappa shape index (κ3) is 0.828.